The molecule has 1 saturated carbocycles. The van der Waals surface area contributed by atoms with Gasteiger partial charge in [0.25, 0.3) is 0 Å². The number of rotatable bonds is 6. The highest BCUT2D eigenvalue weighted by atomic mass is 19.1. The molecule has 176 valence electrons. The van der Waals surface area contributed by atoms with Crippen LogP contribution < -0.4 is 15.1 Å². The number of benzene rings is 1. The molecule has 1 aromatic carbocycles. The third-order valence-corrected chi connectivity index (χ3v) is 6.16. The summed E-state index contributed by atoms with van der Waals surface area (Å²) in [6.07, 6.45) is 3.38. The lowest BCUT2D eigenvalue weighted by atomic mass is 9.91. The first-order chi connectivity index (χ1) is 15.4. The normalized spacial score (nSPS) is 17.6. The van der Waals surface area contributed by atoms with Gasteiger partial charge in [-0.3, -0.25) is 4.79 Å². The van der Waals surface area contributed by atoms with E-state index >= 15 is 4.39 Å². The van der Waals surface area contributed by atoms with Crippen LogP contribution in [0.4, 0.5) is 10.1 Å². The van der Waals surface area contributed by atoms with Crippen LogP contribution in [0.5, 0.6) is 5.75 Å². The smallest absolute Gasteiger partial charge is 0.341 e. The van der Waals surface area contributed by atoms with Crippen molar-refractivity contribution in [3.05, 3.63) is 33.9 Å². The molecule has 0 radical (unpaired) electrons. The Bertz CT molecular complexity index is 1040. The van der Waals surface area contributed by atoms with Gasteiger partial charge in [-0.15, -0.1) is 0 Å². The molecule has 0 spiro atoms. The van der Waals surface area contributed by atoms with Gasteiger partial charge in [0.2, 0.25) is 5.43 Å². The van der Waals surface area contributed by atoms with Crippen molar-refractivity contribution < 1.29 is 29.2 Å². The van der Waals surface area contributed by atoms with Crippen LogP contribution in [-0.2, 0) is 0 Å². The standard InChI is InChI=1S/C21H25FN2O6.C2H6/c1-30-20-17-13(19(27)14(21(28)29)9-24(17)12-2-3-12)8-15(22)18(20)23-6-4-11(5-7-23)16(26)10-25;1-2/h8-9,11-12,16,25-26H,2-7,10H2,1H3,(H,28,29);1-2H3. The SMILES string of the molecule is CC.COc1c(N2CCC(C(O)CO)CC2)c(F)cc2c(=O)c(C(=O)O)cn(C3CC3)c12. The van der Waals surface area contributed by atoms with Gasteiger partial charge in [0.1, 0.15) is 11.3 Å². The number of aliphatic hydroxyl groups is 2. The van der Waals surface area contributed by atoms with E-state index in [0.717, 1.165) is 18.9 Å². The third-order valence-electron chi connectivity index (χ3n) is 6.16. The summed E-state index contributed by atoms with van der Waals surface area (Å²) in [5.41, 5.74) is -0.479. The largest absolute Gasteiger partial charge is 0.492 e. The minimum atomic E-state index is -1.34. The van der Waals surface area contributed by atoms with Crippen molar-refractivity contribution >= 4 is 22.6 Å². The maximum atomic E-state index is 15.2. The van der Waals surface area contributed by atoms with Gasteiger partial charge in [0, 0.05) is 25.3 Å². The summed E-state index contributed by atoms with van der Waals surface area (Å²) in [4.78, 5) is 26.1. The number of hydrogen-bond acceptors (Lipinski definition) is 6. The van der Waals surface area contributed by atoms with E-state index in [9.17, 15) is 24.9 Å². The fourth-order valence-corrected chi connectivity index (χ4v) is 4.38. The molecule has 1 unspecified atom stereocenters. The van der Waals surface area contributed by atoms with Crippen molar-refractivity contribution in [3.63, 3.8) is 0 Å². The average molecular weight is 451 g/mol. The Morgan fingerprint density at radius 3 is 2.38 bits per heavy atom. The van der Waals surface area contributed by atoms with Crippen LogP contribution in [0.3, 0.4) is 0 Å². The average Bonchev–Trinajstić information content (AvgIpc) is 3.65. The van der Waals surface area contributed by atoms with E-state index in [1.54, 1.807) is 4.57 Å². The van der Waals surface area contributed by atoms with Crippen LogP contribution in [0.15, 0.2) is 17.1 Å². The number of aromatic nitrogens is 1. The highest BCUT2D eigenvalue weighted by Gasteiger charge is 2.33. The quantitative estimate of drug-likeness (QED) is 0.620. The highest BCUT2D eigenvalue weighted by Crippen LogP contribution is 2.44. The van der Waals surface area contributed by atoms with Crippen molar-refractivity contribution in [3.8, 4) is 5.75 Å². The van der Waals surface area contributed by atoms with E-state index in [1.165, 1.54) is 13.3 Å². The summed E-state index contributed by atoms with van der Waals surface area (Å²) in [6, 6.07) is 1.15. The highest BCUT2D eigenvalue weighted by molar-refractivity contribution is 5.97. The van der Waals surface area contributed by atoms with E-state index in [-0.39, 0.29) is 41.0 Å². The molecule has 2 heterocycles. The zero-order chi connectivity index (χ0) is 23.6. The van der Waals surface area contributed by atoms with Crippen LogP contribution in [0, 0.1) is 11.7 Å². The number of anilines is 1. The number of methoxy groups -OCH3 is 1. The number of carbonyl (C=O) groups is 1. The molecule has 2 fully saturated rings. The number of pyridine rings is 1. The molecule has 1 saturated heterocycles. The third kappa shape index (κ3) is 4.31. The van der Waals surface area contributed by atoms with E-state index in [2.05, 4.69) is 0 Å². The van der Waals surface area contributed by atoms with Crippen molar-refractivity contribution in [2.45, 2.75) is 51.7 Å². The van der Waals surface area contributed by atoms with Crippen LogP contribution in [0.25, 0.3) is 10.9 Å². The van der Waals surface area contributed by atoms with Gasteiger partial charge in [-0.25, -0.2) is 9.18 Å². The van der Waals surface area contributed by atoms with E-state index < -0.39 is 23.3 Å². The van der Waals surface area contributed by atoms with E-state index in [1.807, 2.05) is 18.7 Å². The number of aromatic carboxylic acids is 1. The van der Waals surface area contributed by atoms with E-state index in [4.69, 9.17) is 4.74 Å². The predicted molar refractivity (Wildman–Crippen MR) is 119 cm³/mol. The number of halogens is 1. The monoisotopic (exact) mass is 450 g/mol. The Hall–Kier alpha value is -2.65. The number of fused-ring (bicyclic) bond motifs is 1. The van der Waals surface area contributed by atoms with Crippen LogP contribution in [-0.4, -0.2) is 58.8 Å². The summed E-state index contributed by atoms with van der Waals surface area (Å²) in [5, 5.41) is 28.5. The second-order valence-electron chi connectivity index (χ2n) is 8.03. The first-order valence-electron chi connectivity index (χ1n) is 11.1. The molecule has 0 bridgehead atoms. The number of carboxylic acids is 1. The lowest BCUT2D eigenvalue weighted by Crippen LogP contribution is -2.39. The predicted octanol–water partition coefficient (Wildman–Crippen LogP) is 2.78. The second-order valence-corrected chi connectivity index (χ2v) is 8.03. The topological polar surface area (TPSA) is 112 Å². The van der Waals surface area contributed by atoms with Crippen molar-refractivity contribution in [2.75, 3.05) is 31.7 Å². The van der Waals surface area contributed by atoms with Crippen molar-refractivity contribution in [1.82, 2.24) is 4.57 Å². The number of aliphatic hydroxyl groups excluding tert-OH is 2. The molecule has 0 amide bonds. The summed E-state index contributed by atoms with van der Waals surface area (Å²) in [6.45, 7) is 4.61. The zero-order valence-electron chi connectivity index (χ0n) is 18.7. The first kappa shape index (κ1) is 24.0. The van der Waals surface area contributed by atoms with Gasteiger partial charge in [-0.2, -0.15) is 0 Å². The number of ether oxygens (including phenoxy) is 1. The fraction of sp³-hybridized carbons (Fsp3) is 0.565. The van der Waals surface area contributed by atoms with Gasteiger partial charge in [0.15, 0.2) is 11.6 Å². The molecule has 1 aliphatic heterocycles. The molecule has 1 aliphatic carbocycles. The van der Waals surface area contributed by atoms with Crippen LogP contribution >= 0.6 is 0 Å². The van der Waals surface area contributed by atoms with Gasteiger partial charge in [0.05, 0.1) is 30.7 Å². The van der Waals surface area contributed by atoms with Gasteiger partial charge >= 0.3 is 5.97 Å². The summed E-state index contributed by atoms with van der Waals surface area (Å²) in [7, 11) is 1.41. The molecule has 1 aromatic heterocycles. The molecule has 9 heteroatoms. The lowest BCUT2D eigenvalue weighted by molar-refractivity contribution is 0.0376. The summed E-state index contributed by atoms with van der Waals surface area (Å²) in [5.74, 6) is -1.85. The maximum absolute atomic E-state index is 15.2. The first-order valence-corrected chi connectivity index (χ1v) is 11.1. The van der Waals surface area contributed by atoms with Crippen LogP contribution in [0.2, 0.25) is 0 Å². The molecular formula is C23H31FN2O6. The molecular weight excluding hydrogens is 419 g/mol. The molecule has 8 nitrogen and oxygen atoms in total. The number of nitrogens with zero attached hydrogens (tertiary/aromatic N) is 2. The molecule has 32 heavy (non-hydrogen) atoms. The molecule has 3 N–H and O–H groups in total. The molecule has 2 aromatic rings. The Balaban J connectivity index is 0.00000141. The lowest BCUT2D eigenvalue weighted by Gasteiger charge is -2.36. The van der Waals surface area contributed by atoms with Crippen molar-refractivity contribution in [1.29, 1.82) is 0 Å². The number of hydrogen-bond donors (Lipinski definition) is 3. The minimum Gasteiger partial charge on any atom is -0.492 e. The van der Waals surface area contributed by atoms with Gasteiger partial charge in [-0.05, 0) is 37.7 Å². The Morgan fingerprint density at radius 2 is 1.88 bits per heavy atom. The van der Waals surface area contributed by atoms with Crippen LogP contribution in [0.1, 0.15) is 55.9 Å². The van der Waals surface area contributed by atoms with Crippen molar-refractivity contribution in [2.24, 2.45) is 5.92 Å². The number of piperidine rings is 1. The Labute approximate surface area is 185 Å². The Morgan fingerprint density at radius 1 is 1.25 bits per heavy atom. The maximum Gasteiger partial charge on any atom is 0.341 e. The van der Waals surface area contributed by atoms with Gasteiger partial charge < -0.3 is 29.5 Å². The molecule has 2 aliphatic rings. The number of carboxylic acid groups (broad SMARTS) is 1. The second kappa shape index (κ2) is 9.87. The minimum absolute atomic E-state index is 0.00881. The summed E-state index contributed by atoms with van der Waals surface area (Å²) >= 11 is 0. The van der Waals surface area contributed by atoms with Gasteiger partial charge in [-0.1, -0.05) is 13.8 Å². The van der Waals surface area contributed by atoms with E-state index in [0.29, 0.717) is 31.4 Å². The molecule has 4 rings (SSSR count). The summed E-state index contributed by atoms with van der Waals surface area (Å²) < 4.78 is 22.5. The Kier molecular flexibility index (Phi) is 7.40. The zero-order valence-corrected chi connectivity index (χ0v) is 18.7. The fourth-order valence-electron chi connectivity index (χ4n) is 4.38. The molecule has 1 atom stereocenters.